The predicted molar refractivity (Wildman–Crippen MR) is 132 cm³/mol. The molecule has 11 heteroatoms. The topological polar surface area (TPSA) is 185 Å². The number of nitrogens with two attached hydrogens (primary N) is 2. The van der Waals surface area contributed by atoms with E-state index in [4.69, 9.17) is 11.5 Å². The third kappa shape index (κ3) is 9.62. The molecule has 0 heterocycles. The molecule has 0 fully saturated rings. The summed E-state index contributed by atoms with van der Waals surface area (Å²) in [5.41, 5.74) is 13.9. The normalized spacial score (nSPS) is 12.5. The van der Waals surface area contributed by atoms with Crippen LogP contribution in [0.15, 0.2) is 63.8 Å². The molecule has 7 N–H and O–H groups in total. The number of amides is 3. The first-order valence-corrected chi connectivity index (χ1v) is 11.1. The Bertz CT molecular complexity index is 1080. The summed E-state index contributed by atoms with van der Waals surface area (Å²) in [6.45, 7) is 4.08. The van der Waals surface area contributed by atoms with E-state index in [-0.39, 0.29) is 25.3 Å². The fourth-order valence-corrected chi connectivity index (χ4v) is 3.31. The molecule has 0 aliphatic heterocycles. The summed E-state index contributed by atoms with van der Waals surface area (Å²) in [6.07, 6.45) is 0.592. The first kappa shape index (κ1) is 27.0. The van der Waals surface area contributed by atoms with Crippen molar-refractivity contribution < 1.29 is 19.5 Å². The van der Waals surface area contributed by atoms with Crippen molar-refractivity contribution in [3.8, 4) is 0 Å². The SMILES string of the molecule is Cc1ccc(C[C@H](NC(=O)N=Nc2ccccc2)C(=O)N[C@@H](CCCN=C(N)N)C(=O)O)c(C)c1. The van der Waals surface area contributed by atoms with Crippen molar-refractivity contribution in [3.05, 3.63) is 65.2 Å². The van der Waals surface area contributed by atoms with Gasteiger partial charge in [-0.25, -0.2) is 9.59 Å². The predicted octanol–water partition coefficient (Wildman–Crippen LogP) is 2.33. The fraction of sp³-hybridized carbons (Fsp3) is 0.333. The Morgan fingerprint density at radius 3 is 2.34 bits per heavy atom. The highest BCUT2D eigenvalue weighted by Crippen LogP contribution is 2.14. The maximum absolute atomic E-state index is 13.1. The summed E-state index contributed by atoms with van der Waals surface area (Å²) in [5.74, 6) is -1.95. The first-order chi connectivity index (χ1) is 16.7. The van der Waals surface area contributed by atoms with Gasteiger partial charge in [-0.05, 0) is 49.9 Å². The maximum atomic E-state index is 13.1. The Kier molecular flexibility index (Phi) is 10.3. The number of hydrogen-bond acceptors (Lipinski definition) is 5. The molecule has 186 valence electrons. The summed E-state index contributed by atoms with van der Waals surface area (Å²) in [5, 5.41) is 22.1. The molecular weight excluding hydrogens is 450 g/mol. The van der Waals surface area contributed by atoms with Gasteiger partial charge in [0.2, 0.25) is 5.91 Å². The molecular formula is C24H31N7O4. The van der Waals surface area contributed by atoms with Crippen molar-refractivity contribution in [2.75, 3.05) is 6.54 Å². The van der Waals surface area contributed by atoms with Crippen molar-refractivity contribution in [2.24, 2.45) is 26.7 Å². The third-order valence-corrected chi connectivity index (χ3v) is 5.11. The molecule has 0 radical (unpaired) electrons. The molecule has 0 aliphatic carbocycles. The van der Waals surface area contributed by atoms with Crippen LogP contribution in [-0.2, 0) is 16.0 Å². The second-order valence-electron chi connectivity index (χ2n) is 8.02. The molecule has 2 atom stereocenters. The highest BCUT2D eigenvalue weighted by atomic mass is 16.4. The average Bonchev–Trinajstić information content (AvgIpc) is 2.81. The molecule has 11 nitrogen and oxygen atoms in total. The van der Waals surface area contributed by atoms with Crippen LogP contribution in [0.2, 0.25) is 0 Å². The zero-order valence-corrected chi connectivity index (χ0v) is 19.8. The molecule has 0 aromatic heterocycles. The smallest absolute Gasteiger partial charge is 0.360 e. The molecule has 0 unspecified atom stereocenters. The van der Waals surface area contributed by atoms with Crippen molar-refractivity contribution >= 4 is 29.6 Å². The number of rotatable bonds is 11. The lowest BCUT2D eigenvalue weighted by atomic mass is 9.98. The Morgan fingerprint density at radius 1 is 1.00 bits per heavy atom. The second kappa shape index (κ2) is 13.4. The van der Waals surface area contributed by atoms with E-state index in [1.54, 1.807) is 30.3 Å². The number of azo groups is 1. The van der Waals surface area contributed by atoms with Crippen molar-refractivity contribution in [1.29, 1.82) is 0 Å². The minimum absolute atomic E-state index is 0.0955. The molecule has 0 spiro atoms. The molecule has 3 amide bonds. The minimum atomic E-state index is -1.21. The lowest BCUT2D eigenvalue weighted by Crippen LogP contribution is -2.52. The van der Waals surface area contributed by atoms with Crippen molar-refractivity contribution in [2.45, 2.75) is 45.2 Å². The summed E-state index contributed by atoms with van der Waals surface area (Å²) < 4.78 is 0. The molecule has 2 aromatic rings. The van der Waals surface area contributed by atoms with Gasteiger partial charge in [-0.3, -0.25) is 9.79 Å². The van der Waals surface area contributed by atoms with E-state index >= 15 is 0 Å². The number of benzene rings is 2. The Balaban J connectivity index is 2.16. The largest absolute Gasteiger partial charge is 0.480 e. The molecule has 2 rings (SSSR count). The van der Waals surface area contributed by atoms with Crippen LogP contribution in [-0.4, -0.2) is 47.6 Å². The van der Waals surface area contributed by atoms with Gasteiger partial charge < -0.3 is 27.2 Å². The highest BCUT2D eigenvalue weighted by Gasteiger charge is 2.27. The number of carbonyl (C=O) groups excluding carboxylic acids is 2. The Hall–Kier alpha value is -4.28. The van der Waals surface area contributed by atoms with Gasteiger partial charge in [-0.1, -0.05) is 47.1 Å². The van der Waals surface area contributed by atoms with Crippen LogP contribution in [0.5, 0.6) is 0 Å². The number of nitrogens with zero attached hydrogens (tertiary/aromatic N) is 3. The number of carboxylic acid groups (broad SMARTS) is 1. The number of carboxylic acids is 1. The van der Waals surface area contributed by atoms with Crippen LogP contribution in [0.4, 0.5) is 10.5 Å². The van der Waals surface area contributed by atoms with Gasteiger partial charge in [0.1, 0.15) is 12.1 Å². The van der Waals surface area contributed by atoms with Crippen LogP contribution >= 0.6 is 0 Å². The van der Waals surface area contributed by atoms with Gasteiger partial charge in [0.05, 0.1) is 5.69 Å². The van der Waals surface area contributed by atoms with Gasteiger partial charge in [-0.15, -0.1) is 5.11 Å². The summed E-state index contributed by atoms with van der Waals surface area (Å²) in [7, 11) is 0. The average molecular weight is 482 g/mol. The van der Waals surface area contributed by atoms with E-state index in [1.165, 1.54) is 0 Å². The number of hydrogen-bond donors (Lipinski definition) is 5. The second-order valence-corrected chi connectivity index (χ2v) is 8.02. The van der Waals surface area contributed by atoms with Crippen LogP contribution < -0.4 is 22.1 Å². The van der Waals surface area contributed by atoms with Gasteiger partial charge in [0.25, 0.3) is 0 Å². The van der Waals surface area contributed by atoms with E-state index < -0.39 is 30.0 Å². The van der Waals surface area contributed by atoms with Gasteiger partial charge >= 0.3 is 12.0 Å². The van der Waals surface area contributed by atoms with E-state index in [0.29, 0.717) is 12.1 Å². The first-order valence-electron chi connectivity index (χ1n) is 11.1. The zero-order chi connectivity index (χ0) is 25.8. The summed E-state index contributed by atoms with van der Waals surface area (Å²) in [4.78, 5) is 41.0. The van der Waals surface area contributed by atoms with Crippen molar-refractivity contribution in [1.82, 2.24) is 10.6 Å². The van der Waals surface area contributed by atoms with Crippen LogP contribution in [0.3, 0.4) is 0 Å². The number of aliphatic imine (C=N–C) groups is 1. The lowest BCUT2D eigenvalue weighted by molar-refractivity contribution is -0.142. The molecule has 0 saturated heterocycles. The monoisotopic (exact) mass is 481 g/mol. The number of urea groups is 1. The van der Waals surface area contributed by atoms with Crippen LogP contribution in [0.25, 0.3) is 0 Å². The zero-order valence-electron chi connectivity index (χ0n) is 19.8. The Labute approximate surface area is 203 Å². The van der Waals surface area contributed by atoms with Crippen molar-refractivity contribution in [3.63, 3.8) is 0 Å². The van der Waals surface area contributed by atoms with Gasteiger partial charge in [0, 0.05) is 13.0 Å². The highest BCUT2D eigenvalue weighted by molar-refractivity contribution is 5.90. The van der Waals surface area contributed by atoms with E-state index in [0.717, 1.165) is 16.7 Å². The van der Waals surface area contributed by atoms with Gasteiger partial charge in [0.15, 0.2) is 5.96 Å². The van der Waals surface area contributed by atoms with Crippen LogP contribution in [0.1, 0.15) is 29.5 Å². The number of nitrogens with one attached hydrogen (secondary N) is 2. The third-order valence-electron chi connectivity index (χ3n) is 5.11. The van der Waals surface area contributed by atoms with Crippen LogP contribution in [0, 0.1) is 13.8 Å². The number of guanidine groups is 1. The number of aliphatic carboxylic acids is 1. The van der Waals surface area contributed by atoms with E-state index in [9.17, 15) is 19.5 Å². The van der Waals surface area contributed by atoms with E-state index in [2.05, 4.69) is 25.9 Å². The molecule has 2 aromatic carbocycles. The minimum Gasteiger partial charge on any atom is -0.480 e. The molecule has 0 saturated carbocycles. The Morgan fingerprint density at radius 2 is 1.71 bits per heavy atom. The van der Waals surface area contributed by atoms with E-state index in [1.807, 2.05) is 32.0 Å². The number of aryl methyl sites for hydroxylation is 2. The molecule has 0 bridgehead atoms. The quantitative estimate of drug-likeness (QED) is 0.142. The molecule has 0 aliphatic rings. The lowest BCUT2D eigenvalue weighted by Gasteiger charge is -2.21. The fourth-order valence-electron chi connectivity index (χ4n) is 3.31. The van der Waals surface area contributed by atoms with Gasteiger partial charge in [-0.2, -0.15) is 0 Å². The maximum Gasteiger partial charge on any atom is 0.360 e. The molecule has 35 heavy (non-hydrogen) atoms. The number of carbonyl (C=O) groups is 3. The summed E-state index contributed by atoms with van der Waals surface area (Å²) in [6, 6.07) is 11.3. The standard InChI is InChI=1S/C24H31N7O4/c1-15-10-11-17(16(2)13-15)14-20(29-24(35)31-30-18-7-4-3-5-8-18)21(32)28-19(22(33)34)9-6-12-27-23(25)26/h3-5,7-8,10-11,13,19-20H,6,9,12,14H2,1-2H3,(H,28,32)(H,29,35)(H,33,34)(H4,25,26,27)/t19-,20-/m0/s1. The summed E-state index contributed by atoms with van der Waals surface area (Å²) >= 11 is 0.